The predicted octanol–water partition coefficient (Wildman–Crippen LogP) is 6.00. The number of allylic oxidation sites excluding steroid dienone is 2. The van der Waals surface area contributed by atoms with Crippen LogP contribution in [0.15, 0.2) is 35.6 Å². The summed E-state index contributed by atoms with van der Waals surface area (Å²) in [5.74, 6) is -5.00. The van der Waals surface area contributed by atoms with Crippen molar-refractivity contribution in [1.82, 2.24) is 0 Å². The van der Waals surface area contributed by atoms with Gasteiger partial charge in [0.1, 0.15) is 34.3 Å². The third-order valence-electron chi connectivity index (χ3n) is 9.73. The molecule has 1 atom stereocenters. The Hall–Kier alpha value is -5.75. The van der Waals surface area contributed by atoms with Gasteiger partial charge in [-0.3, -0.25) is 4.79 Å². The molecule has 0 aliphatic heterocycles. The fourth-order valence-electron chi connectivity index (χ4n) is 6.17. The van der Waals surface area contributed by atoms with Crippen molar-refractivity contribution >= 4 is 29.7 Å². The summed E-state index contributed by atoms with van der Waals surface area (Å²) in [7, 11) is 1.19. The van der Waals surface area contributed by atoms with Gasteiger partial charge >= 0.3 is 23.9 Å². The fourth-order valence-corrected chi connectivity index (χ4v) is 6.17. The lowest BCUT2D eigenvalue weighted by Gasteiger charge is -2.30. The minimum absolute atomic E-state index is 0.0271. The number of rotatable bonds is 8. The van der Waals surface area contributed by atoms with Gasteiger partial charge in [-0.05, 0) is 137 Å². The number of carboxylic acid groups (broad SMARTS) is 1. The largest absolute Gasteiger partial charge is 0.507 e. The molecule has 0 bridgehead atoms. The molecule has 3 aromatic carbocycles. The molecule has 0 aromatic heterocycles. The number of aromatic hydroxyl groups is 1. The molecule has 12 heteroatoms. The number of phenols is 1. The van der Waals surface area contributed by atoms with Crippen LogP contribution in [0, 0.1) is 62.3 Å². The Morgan fingerprint density at radius 1 is 0.627 bits per heavy atom. The Bertz CT molecular complexity index is 2100. The molecule has 1 aliphatic rings. The second-order valence-corrected chi connectivity index (χ2v) is 12.7. The van der Waals surface area contributed by atoms with Crippen molar-refractivity contribution in [2.24, 2.45) is 0 Å². The van der Waals surface area contributed by atoms with E-state index in [1.165, 1.54) is 27.0 Å². The Morgan fingerprint density at radius 2 is 1.12 bits per heavy atom. The van der Waals surface area contributed by atoms with Gasteiger partial charge in [0.2, 0.25) is 5.60 Å². The summed E-state index contributed by atoms with van der Waals surface area (Å²) in [6, 6.07) is 2.55. The van der Waals surface area contributed by atoms with E-state index in [-0.39, 0.29) is 56.4 Å². The highest BCUT2D eigenvalue weighted by atomic mass is 16.6. The highest BCUT2D eigenvalue weighted by Gasteiger charge is 2.48. The summed E-state index contributed by atoms with van der Waals surface area (Å²) in [5.41, 5.74) is 1.67. The van der Waals surface area contributed by atoms with Crippen LogP contribution in [0.5, 0.6) is 23.0 Å². The molecule has 0 radical (unpaired) electrons. The number of hydrogen-bond acceptors (Lipinski definition) is 11. The van der Waals surface area contributed by atoms with Gasteiger partial charge in [0.25, 0.3) is 0 Å². The van der Waals surface area contributed by atoms with E-state index in [2.05, 4.69) is 0 Å². The van der Waals surface area contributed by atoms with Crippen molar-refractivity contribution in [2.75, 3.05) is 7.11 Å². The lowest BCUT2D eigenvalue weighted by molar-refractivity contribution is -0.151. The number of carbonyl (C=O) groups excluding carboxylic acids is 4. The van der Waals surface area contributed by atoms with Crippen molar-refractivity contribution in [2.45, 2.75) is 74.8 Å². The molecule has 0 saturated heterocycles. The Balaban J connectivity index is 1.63. The van der Waals surface area contributed by atoms with Crippen LogP contribution >= 0.6 is 0 Å². The van der Waals surface area contributed by atoms with Crippen LogP contribution in [-0.2, 0) is 14.3 Å². The monoisotopic (exact) mass is 700 g/mol. The molecule has 3 aromatic rings. The lowest BCUT2D eigenvalue weighted by Crippen LogP contribution is -2.47. The zero-order valence-electron chi connectivity index (χ0n) is 30.3. The van der Waals surface area contributed by atoms with Crippen LogP contribution in [0.3, 0.4) is 0 Å². The van der Waals surface area contributed by atoms with Gasteiger partial charge < -0.3 is 34.3 Å². The van der Waals surface area contributed by atoms with Gasteiger partial charge in [-0.2, -0.15) is 0 Å². The van der Waals surface area contributed by atoms with E-state index in [1.54, 1.807) is 55.4 Å². The minimum atomic E-state index is -2.40. The molecule has 0 fully saturated rings. The summed E-state index contributed by atoms with van der Waals surface area (Å²) in [4.78, 5) is 64.1. The SMILES string of the molecule is COC1=CC(=O)C=C(C)[C@]1(O)C(=O)Oc1cc(O)c(C(=O)Oc2cc(C)c(C(=O)Oc3c(C)c(C)c(C(=O)O)c(C)c3C)c(C)c2C)c(C)c1C. The number of phenolic OH excluding ortho intramolecular Hbond substituents is 1. The minimum Gasteiger partial charge on any atom is -0.507 e. The summed E-state index contributed by atoms with van der Waals surface area (Å²) in [5, 5.41) is 31.8. The molecular formula is C39H40O12. The smallest absolute Gasteiger partial charge is 0.356 e. The zero-order valence-corrected chi connectivity index (χ0v) is 30.3. The van der Waals surface area contributed by atoms with E-state index < -0.39 is 41.0 Å². The maximum Gasteiger partial charge on any atom is 0.356 e. The van der Waals surface area contributed by atoms with Crippen molar-refractivity contribution < 1.29 is 58.2 Å². The van der Waals surface area contributed by atoms with Crippen LogP contribution in [0.4, 0.5) is 0 Å². The molecule has 0 heterocycles. The standard InChI is InChI=1S/C39H40O12/c1-16-12-28(18(3)20(5)31(16)36(44)51-34-24(9)22(7)32(35(42)43)23(8)25(34)10)49-37(45)33-21(6)19(4)29(15-27(33)41)50-38(46)39(47)17(2)13-26(40)14-30(39)48-11/h12-15,41,47H,1-11H3,(H,42,43)/t39-/m1/s1. The first-order valence-electron chi connectivity index (χ1n) is 15.8. The van der Waals surface area contributed by atoms with Gasteiger partial charge in [0.05, 0.1) is 18.2 Å². The molecular weight excluding hydrogens is 660 g/mol. The number of esters is 3. The van der Waals surface area contributed by atoms with Crippen LogP contribution in [0.2, 0.25) is 0 Å². The predicted molar refractivity (Wildman–Crippen MR) is 185 cm³/mol. The first-order chi connectivity index (χ1) is 23.7. The van der Waals surface area contributed by atoms with E-state index in [0.29, 0.717) is 38.9 Å². The Kier molecular flexibility index (Phi) is 10.4. The maximum atomic E-state index is 13.6. The highest BCUT2D eigenvalue weighted by molar-refractivity contribution is 6.06. The molecule has 0 saturated carbocycles. The van der Waals surface area contributed by atoms with Crippen LogP contribution < -0.4 is 14.2 Å². The molecule has 0 unspecified atom stereocenters. The summed E-state index contributed by atoms with van der Waals surface area (Å²) in [6.45, 7) is 16.1. The number of hydrogen-bond donors (Lipinski definition) is 3. The molecule has 4 rings (SSSR count). The van der Waals surface area contributed by atoms with E-state index in [1.807, 2.05) is 0 Å². The molecule has 51 heavy (non-hydrogen) atoms. The van der Waals surface area contributed by atoms with E-state index in [0.717, 1.165) is 18.2 Å². The molecule has 3 N–H and O–H groups in total. The second kappa shape index (κ2) is 13.9. The molecule has 12 nitrogen and oxygen atoms in total. The zero-order chi connectivity index (χ0) is 38.4. The average Bonchev–Trinajstić information content (AvgIpc) is 3.04. The maximum absolute atomic E-state index is 13.6. The number of carbonyl (C=O) groups is 5. The third-order valence-corrected chi connectivity index (χ3v) is 9.73. The summed E-state index contributed by atoms with van der Waals surface area (Å²) in [6.07, 6.45) is 2.04. The highest BCUT2D eigenvalue weighted by Crippen LogP contribution is 2.38. The van der Waals surface area contributed by atoms with E-state index in [4.69, 9.17) is 18.9 Å². The second-order valence-electron chi connectivity index (χ2n) is 12.7. The van der Waals surface area contributed by atoms with Crippen molar-refractivity contribution in [3.05, 3.63) is 102 Å². The number of aliphatic hydroxyl groups is 1. The van der Waals surface area contributed by atoms with Gasteiger partial charge in [-0.25, -0.2) is 19.2 Å². The topological polar surface area (TPSA) is 183 Å². The number of ketones is 1. The number of aromatic carboxylic acids is 1. The fraction of sp³-hybridized carbons (Fsp3) is 0.308. The van der Waals surface area contributed by atoms with Crippen molar-refractivity contribution in [3.8, 4) is 23.0 Å². The first-order valence-corrected chi connectivity index (χ1v) is 15.8. The number of carboxylic acids is 1. The molecule has 0 spiro atoms. The van der Waals surface area contributed by atoms with E-state index >= 15 is 0 Å². The number of aryl methyl sites for hydroxylation is 1. The first kappa shape index (κ1) is 38.1. The van der Waals surface area contributed by atoms with Crippen LogP contribution in [-0.4, -0.2) is 57.7 Å². The van der Waals surface area contributed by atoms with Gasteiger partial charge in [-0.1, -0.05) is 0 Å². The molecule has 268 valence electrons. The van der Waals surface area contributed by atoms with Gasteiger partial charge in [0.15, 0.2) is 5.78 Å². The third kappa shape index (κ3) is 6.50. The number of methoxy groups -OCH3 is 1. The molecule has 0 amide bonds. The average molecular weight is 701 g/mol. The van der Waals surface area contributed by atoms with Gasteiger partial charge in [-0.15, -0.1) is 0 Å². The number of ether oxygens (including phenoxy) is 4. The Labute approximate surface area is 294 Å². The van der Waals surface area contributed by atoms with Crippen LogP contribution in [0.25, 0.3) is 0 Å². The van der Waals surface area contributed by atoms with E-state index in [9.17, 15) is 39.3 Å². The summed E-state index contributed by atoms with van der Waals surface area (Å²) < 4.78 is 22.2. The van der Waals surface area contributed by atoms with Crippen molar-refractivity contribution in [1.29, 1.82) is 0 Å². The molecule has 1 aliphatic carbocycles. The lowest BCUT2D eigenvalue weighted by atomic mass is 9.87. The quantitative estimate of drug-likeness (QED) is 0.184. The van der Waals surface area contributed by atoms with Crippen LogP contribution in [0.1, 0.15) is 88.1 Å². The Morgan fingerprint density at radius 3 is 1.65 bits per heavy atom. The normalized spacial score (nSPS) is 15.5. The van der Waals surface area contributed by atoms with Gasteiger partial charge in [0, 0.05) is 12.1 Å². The summed E-state index contributed by atoms with van der Waals surface area (Å²) >= 11 is 0. The van der Waals surface area contributed by atoms with Crippen molar-refractivity contribution in [3.63, 3.8) is 0 Å². The number of benzene rings is 3.